The van der Waals surface area contributed by atoms with Gasteiger partial charge in [-0.05, 0) is 38.1 Å². The summed E-state index contributed by atoms with van der Waals surface area (Å²) in [6.45, 7) is 1.90. The smallest absolute Gasteiger partial charge is 0.270 e. The van der Waals surface area contributed by atoms with Crippen molar-refractivity contribution < 1.29 is 4.79 Å². The fourth-order valence-corrected chi connectivity index (χ4v) is 3.67. The Morgan fingerprint density at radius 1 is 1.23 bits per heavy atom. The predicted octanol–water partition coefficient (Wildman–Crippen LogP) is 2.90. The molecule has 1 saturated heterocycles. The van der Waals surface area contributed by atoms with Gasteiger partial charge in [-0.25, -0.2) is 9.67 Å². The Morgan fingerprint density at radius 2 is 2.00 bits per heavy atom. The van der Waals surface area contributed by atoms with E-state index in [-0.39, 0.29) is 24.4 Å². The van der Waals surface area contributed by atoms with Gasteiger partial charge in [0.2, 0.25) is 0 Å². The van der Waals surface area contributed by atoms with E-state index in [0.29, 0.717) is 5.69 Å². The van der Waals surface area contributed by atoms with Crippen molar-refractivity contribution in [2.24, 2.45) is 0 Å². The molecule has 1 aliphatic heterocycles. The highest BCUT2D eigenvalue weighted by Crippen LogP contribution is 2.24. The normalized spacial score (nSPS) is 14.6. The van der Waals surface area contributed by atoms with Crippen molar-refractivity contribution in [1.29, 1.82) is 0 Å². The number of nitrogens with zero attached hydrogens (tertiary/aromatic N) is 3. The lowest BCUT2D eigenvalue weighted by Crippen LogP contribution is -2.42. The largest absolute Gasteiger partial charge is 0.348 e. The summed E-state index contributed by atoms with van der Waals surface area (Å²) >= 11 is 1.46. The number of rotatable bonds is 4. The first-order valence-corrected chi connectivity index (χ1v) is 9.25. The molecule has 3 heterocycles. The van der Waals surface area contributed by atoms with Crippen molar-refractivity contribution in [2.45, 2.75) is 18.9 Å². The molecule has 6 nitrogen and oxygen atoms in total. The van der Waals surface area contributed by atoms with Crippen LogP contribution in [0.5, 0.6) is 0 Å². The minimum absolute atomic E-state index is 0. The minimum Gasteiger partial charge on any atom is -0.348 e. The van der Waals surface area contributed by atoms with E-state index in [0.717, 1.165) is 42.2 Å². The van der Waals surface area contributed by atoms with Crippen LogP contribution >= 0.6 is 23.7 Å². The lowest BCUT2D eigenvalue weighted by atomic mass is 10.1. The SMILES string of the molecule is Cl.O=C(NC1CCNCC1)c1csc(-c2cnn(-c3ccccc3)c2)n1. The summed E-state index contributed by atoms with van der Waals surface area (Å²) in [7, 11) is 0. The third-order valence-corrected chi connectivity index (χ3v) is 5.15. The van der Waals surface area contributed by atoms with Crippen LogP contribution in [0.1, 0.15) is 23.3 Å². The first kappa shape index (κ1) is 18.6. The molecule has 2 aromatic heterocycles. The molecule has 2 N–H and O–H groups in total. The Kier molecular flexibility index (Phi) is 6.03. The van der Waals surface area contributed by atoms with E-state index in [4.69, 9.17) is 0 Å². The molecule has 0 atom stereocenters. The van der Waals surface area contributed by atoms with E-state index >= 15 is 0 Å². The molecule has 1 fully saturated rings. The van der Waals surface area contributed by atoms with Crippen LogP contribution in [0.25, 0.3) is 16.3 Å². The zero-order valence-corrected chi connectivity index (χ0v) is 15.7. The van der Waals surface area contributed by atoms with Crippen molar-refractivity contribution in [3.8, 4) is 16.3 Å². The second-order valence-electron chi connectivity index (χ2n) is 6.04. The maximum atomic E-state index is 12.4. The summed E-state index contributed by atoms with van der Waals surface area (Å²) in [4.78, 5) is 16.9. The fourth-order valence-electron chi connectivity index (χ4n) is 2.89. The number of para-hydroxylation sites is 1. The van der Waals surface area contributed by atoms with Crippen molar-refractivity contribution in [2.75, 3.05) is 13.1 Å². The summed E-state index contributed by atoms with van der Waals surface area (Å²) in [5.41, 5.74) is 2.38. The molecule has 0 aliphatic carbocycles. The van der Waals surface area contributed by atoms with E-state index in [9.17, 15) is 4.79 Å². The first-order valence-electron chi connectivity index (χ1n) is 8.37. The van der Waals surface area contributed by atoms with Crippen molar-refractivity contribution in [3.63, 3.8) is 0 Å². The van der Waals surface area contributed by atoms with Gasteiger partial charge in [0, 0.05) is 23.2 Å². The third-order valence-electron chi connectivity index (χ3n) is 4.26. The first-order chi connectivity index (χ1) is 12.3. The number of thiazole rings is 1. The second kappa shape index (κ2) is 8.44. The monoisotopic (exact) mass is 389 g/mol. The van der Waals surface area contributed by atoms with Crippen LogP contribution in [-0.2, 0) is 0 Å². The van der Waals surface area contributed by atoms with Gasteiger partial charge in [0.1, 0.15) is 10.7 Å². The topological polar surface area (TPSA) is 71.8 Å². The van der Waals surface area contributed by atoms with Crippen LogP contribution in [-0.4, -0.2) is 39.8 Å². The van der Waals surface area contributed by atoms with Gasteiger partial charge in [-0.3, -0.25) is 4.79 Å². The molecule has 136 valence electrons. The molecule has 0 spiro atoms. The van der Waals surface area contributed by atoms with Crippen LogP contribution < -0.4 is 10.6 Å². The molecule has 1 aliphatic rings. The zero-order valence-electron chi connectivity index (χ0n) is 14.1. The molecule has 0 saturated carbocycles. The Hall–Kier alpha value is -2.22. The Labute approximate surface area is 162 Å². The maximum Gasteiger partial charge on any atom is 0.270 e. The van der Waals surface area contributed by atoms with Crippen LogP contribution in [0.15, 0.2) is 48.1 Å². The summed E-state index contributed by atoms with van der Waals surface area (Å²) in [6, 6.07) is 10.2. The number of hydrogen-bond donors (Lipinski definition) is 2. The summed E-state index contributed by atoms with van der Waals surface area (Å²) in [5.74, 6) is -0.0927. The van der Waals surface area contributed by atoms with Gasteiger partial charge in [0.25, 0.3) is 5.91 Å². The number of benzene rings is 1. The van der Waals surface area contributed by atoms with Gasteiger partial charge in [0.15, 0.2) is 0 Å². The van der Waals surface area contributed by atoms with Gasteiger partial charge in [-0.1, -0.05) is 18.2 Å². The summed E-state index contributed by atoms with van der Waals surface area (Å²) in [5, 5.41) is 13.4. The third kappa shape index (κ3) is 4.12. The fraction of sp³-hybridized carbons (Fsp3) is 0.278. The van der Waals surface area contributed by atoms with Gasteiger partial charge in [-0.2, -0.15) is 5.10 Å². The van der Waals surface area contributed by atoms with E-state index in [1.807, 2.05) is 46.6 Å². The standard InChI is InChI=1S/C18H19N5OS.ClH/c24-17(21-14-6-8-19-9-7-14)16-12-25-18(22-16)13-10-20-23(11-13)15-4-2-1-3-5-15;/h1-5,10-12,14,19H,6-9H2,(H,21,24);1H. The van der Waals surface area contributed by atoms with Gasteiger partial charge >= 0.3 is 0 Å². The van der Waals surface area contributed by atoms with Crippen molar-refractivity contribution in [1.82, 2.24) is 25.4 Å². The highest BCUT2D eigenvalue weighted by Gasteiger charge is 2.18. The number of carbonyl (C=O) groups excluding carboxylic acids is 1. The van der Waals surface area contributed by atoms with E-state index in [1.165, 1.54) is 11.3 Å². The summed E-state index contributed by atoms with van der Waals surface area (Å²) < 4.78 is 1.81. The molecule has 1 aromatic carbocycles. The van der Waals surface area contributed by atoms with Gasteiger partial charge in [0.05, 0.1) is 11.9 Å². The molecule has 26 heavy (non-hydrogen) atoms. The van der Waals surface area contributed by atoms with E-state index in [2.05, 4.69) is 20.7 Å². The van der Waals surface area contributed by atoms with Crippen molar-refractivity contribution in [3.05, 3.63) is 53.8 Å². The maximum absolute atomic E-state index is 12.4. The Balaban J connectivity index is 0.00000196. The second-order valence-corrected chi connectivity index (χ2v) is 6.90. The Morgan fingerprint density at radius 3 is 2.77 bits per heavy atom. The molecular formula is C18H20ClN5OS. The molecule has 8 heteroatoms. The lowest BCUT2D eigenvalue weighted by Gasteiger charge is -2.23. The average Bonchev–Trinajstić information content (AvgIpc) is 3.33. The Bertz CT molecular complexity index is 857. The molecule has 0 unspecified atom stereocenters. The van der Waals surface area contributed by atoms with Crippen LogP contribution in [0.2, 0.25) is 0 Å². The highest BCUT2D eigenvalue weighted by molar-refractivity contribution is 7.13. The number of amides is 1. The predicted molar refractivity (Wildman–Crippen MR) is 105 cm³/mol. The number of carbonyl (C=O) groups is 1. The number of piperidine rings is 1. The van der Waals surface area contributed by atoms with Gasteiger partial charge < -0.3 is 10.6 Å². The molecule has 3 aromatic rings. The van der Waals surface area contributed by atoms with Crippen LogP contribution in [0, 0.1) is 0 Å². The number of hydrogen-bond acceptors (Lipinski definition) is 5. The quantitative estimate of drug-likeness (QED) is 0.719. The minimum atomic E-state index is -0.0927. The average molecular weight is 390 g/mol. The van der Waals surface area contributed by atoms with Crippen LogP contribution in [0.3, 0.4) is 0 Å². The lowest BCUT2D eigenvalue weighted by molar-refractivity contribution is 0.0925. The molecule has 0 radical (unpaired) electrons. The highest BCUT2D eigenvalue weighted by atomic mass is 35.5. The molecule has 4 rings (SSSR count). The van der Waals surface area contributed by atoms with Crippen LogP contribution in [0.4, 0.5) is 0 Å². The number of halogens is 1. The molecular weight excluding hydrogens is 370 g/mol. The summed E-state index contributed by atoms with van der Waals surface area (Å²) in [6.07, 6.45) is 5.64. The zero-order chi connectivity index (χ0) is 17.1. The van der Waals surface area contributed by atoms with E-state index in [1.54, 1.807) is 6.20 Å². The molecule has 1 amide bonds. The van der Waals surface area contributed by atoms with Crippen molar-refractivity contribution >= 4 is 29.7 Å². The van der Waals surface area contributed by atoms with E-state index < -0.39 is 0 Å². The van der Waals surface area contributed by atoms with Gasteiger partial charge in [-0.15, -0.1) is 23.7 Å². The number of nitrogens with one attached hydrogen (secondary N) is 2. The number of aromatic nitrogens is 3. The molecule has 0 bridgehead atoms.